The first-order valence-corrected chi connectivity index (χ1v) is 7.38. The van der Waals surface area contributed by atoms with Crippen molar-refractivity contribution in [1.29, 1.82) is 5.26 Å². The number of nitriles is 1. The normalized spacial score (nSPS) is 10.2. The van der Waals surface area contributed by atoms with Crippen LogP contribution in [0.15, 0.2) is 65.5 Å². The van der Waals surface area contributed by atoms with E-state index in [4.69, 9.17) is 5.73 Å². The number of nitrogens with zero attached hydrogens (tertiary/aromatic N) is 2. The van der Waals surface area contributed by atoms with Gasteiger partial charge in [-0.25, -0.2) is 0 Å². The molecular formula is C19H13N3O3. The zero-order chi connectivity index (χ0) is 18.0. The molecule has 0 bridgehead atoms. The largest absolute Gasteiger partial charge is 0.507 e. The highest BCUT2D eigenvalue weighted by atomic mass is 16.3. The SMILES string of the molecule is N#Cc1cc(C(=O)c2ccccc2O)c(=O)n(-c2ccccc2)c1N. The number of carbonyl (C=O) groups is 1. The number of ketones is 1. The maximum atomic E-state index is 12.9. The predicted molar refractivity (Wildman–Crippen MR) is 92.7 cm³/mol. The number of phenolic OH excluding ortho intramolecular Hbond substituents is 1. The van der Waals surface area contributed by atoms with Gasteiger partial charge in [-0.2, -0.15) is 5.26 Å². The Kier molecular flexibility index (Phi) is 4.06. The Labute approximate surface area is 143 Å². The number of rotatable bonds is 3. The van der Waals surface area contributed by atoms with Gasteiger partial charge in [0.05, 0.1) is 22.4 Å². The molecule has 0 aliphatic carbocycles. The van der Waals surface area contributed by atoms with Crippen molar-refractivity contribution in [3.05, 3.63) is 87.7 Å². The Morgan fingerprint density at radius 2 is 1.68 bits per heavy atom. The highest BCUT2D eigenvalue weighted by molar-refractivity contribution is 6.10. The maximum absolute atomic E-state index is 12.9. The molecule has 0 radical (unpaired) electrons. The number of carbonyl (C=O) groups excluding carboxylic acids is 1. The fourth-order valence-electron chi connectivity index (χ4n) is 2.53. The second-order valence-electron chi connectivity index (χ2n) is 5.29. The molecule has 1 heterocycles. The van der Waals surface area contributed by atoms with Gasteiger partial charge in [-0.15, -0.1) is 0 Å². The number of nitrogens with two attached hydrogens (primary N) is 1. The number of benzene rings is 2. The van der Waals surface area contributed by atoms with E-state index in [2.05, 4.69) is 0 Å². The molecule has 0 fully saturated rings. The molecule has 6 nitrogen and oxygen atoms in total. The number of hydrogen-bond acceptors (Lipinski definition) is 5. The third-order valence-electron chi connectivity index (χ3n) is 3.77. The van der Waals surface area contributed by atoms with E-state index in [1.54, 1.807) is 42.5 Å². The average Bonchev–Trinajstić information content (AvgIpc) is 2.63. The van der Waals surface area contributed by atoms with E-state index >= 15 is 0 Å². The van der Waals surface area contributed by atoms with Crippen molar-refractivity contribution in [2.24, 2.45) is 0 Å². The number of pyridine rings is 1. The van der Waals surface area contributed by atoms with Crippen LogP contribution in [0.2, 0.25) is 0 Å². The molecule has 0 unspecified atom stereocenters. The van der Waals surface area contributed by atoms with Crippen LogP contribution in [0, 0.1) is 11.3 Å². The number of phenols is 1. The van der Waals surface area contributed by atoms with Gasteiger partial charge in [-0.1, -0.05) is 30.3 Å². The highest BCUT2D eigenvalue weighted by Crippen LogP contribution is 2.21. The summed E-state index contributed by atoms with van der Waals surface area (Å²) >= 11 is 0. The van der Waals surface area contributed by atoms with Crippen molar-refractivity contribution >= 4 is 11.6 Å². The summed E-state index contributed by atoms with van der Waals surface area (Å²) in [6.45, 7) is 0. The van der Waals surface area contributed by atoms with Gasteiger partial charge in [0.25, 0.3) is 5.56 Å². The summed E-state index contributed by atoms with van der Waals surface area (Å²) in [5.74, 6) is -0.967. The molecule has 3 aromatic rings. The van der Waals surface area contributed by atoms with Crippen molar-refractivity contribution in [1.82, 2.24) is 4.57 Å². The summed E-state index contributed by atoms with van der Waals surface area (Å²) in [7, 11) is 0. The van der Waals surface area contributed by atoms with Crippen molar-refractivity contribution < 1.29 is 9.90 Å². The first-order valence-electron chi connectivity index (χ1n) is 7.38. The van der Waals surface area contributed by atoms with E-state index < -0.39 is 11.3 Å². The van der Waals surface area contributed by atoms with Gasteiger partial charge in [0.1, 0.15) is 17.6 Å². The van der Waals surface area contributed by atoms with Gasteiger partial charge >= 0.3 is 0 Å². The van der Waals surface area contributed by atoms with Gasteiger partial charge in [0.2, 0.25) is 5.78 Å². The lowest BCUT2D eigenvalue weighted by molar-refractivity contribution is 0.103. The monoisotopic (exact) mass is 331 g/mol. The zero-order valence-electron chi connectivity index (χ0n) is 13.0. The number of hydrogen-bond donors (Lipinski definition) is 2. The lowest BCUT2D eigenvalue weighted by Gasteiger charge is -2.13. The molecule has 2 aromatic carbocycles. The molecule has 0 saturated carbocycles. The van der Waals surface area contributed by atoms with Gasteiger partial charge < -0.3 is 10.8 Å². The number of nitrogen functional groups attached to an aromatic ring is 1. The minimum Gasteiger partial charge on any atom is -0.507 e. The van der Waals surface area contributed by atoms with Crippen LogP contribution in [0.3, 0.4) is 0 Å². The molecular weight excluding hydrogens is 318 g/mol. The molecule has 0 aliphatic rings. The van der Waals surface area contributed by atoms with Crippen LogP contribution in [0.1, 0.15) is 21.5 Å². The Bertz CT molecular complexity index is 1060. The second-order valence-corrected chi connectivity index (χ2v) is 5.29. The summed E-state index contributed by atoms with van der Waals surface area (Å²) in [6, 6.07) is 17.4. The van der Waals surface area contributed by atoms with E-state index in [-0.39, 0.29) is 28.3 Å². The predicted octanol–water partition coefficient (Wildman–Crippen LogP) is 2.23. The summed E-state index contributed by atoms with van der Waals surface area (Å²) in [5.41, 5.74) is 5.47. The van der Waals surface area contributed by atoms with Gasteiger partial charge in [-0.3, -0.25) is 14.2 Å². The van der Waals surface area contributed by atoms with E-state index in [0.717, 1.165) is 10.6 Å². The fraction of sp³-hybridized carbons (Fsp3) is 0. The van der Waals surface area contributed by atoms with Gasteiger partial charge in [0.15, 0.2) is 0 Å². The Balaban J connectivity index is 2.30. The molecule has 0 atom stereocenters. The van der Waals surface area contributed by atoms with Crippen LogP contribution in [-0.4, -0.2) is 15.5 Å². The number of aromatic nitrogens is 1. The van der Waals surface area contributed by atoms with Crippen molar-refractivity contribution in [3.63, 3.8) is 0 Å². The van der Waals surface area contributed by atoms with E-state index in [0.29, 0.717) is 5.69 Å². The molecule has 6 heteroatoms. The van der Waals surface area contributed by atoms with Crippen LogP contribution in [0.25, 0.3) is 5.69 Å². The van der Waals surface area contributed by atoms with Crippen molar-refractivity contribution in [2.75, 3.05) is 5.73 Å². The minimum absolute atomic E-state index is 0.00206. The minimum atomic E-state index is -0.677. The van der Waals surface area contributed by atoms with E-state index in [1.165, 1.54) is 12.1 Å². The average molecular weight is 331 g/mol. The number of para-hydroxylation sites is 2. The maximum Gasteiger partial charge on any atom is 0.268 e. The lowest BCUT2D eigenvalue weighted by atomic mass is 10.0. The second kappa shape index (κ2) is 6.34. The van der Waals surface area contributed by atoms with Crippen LogP contribution >= 0.6 is 0 Å². The Morgan fingerprint density at radius 3 is 2.32 bits per heavy atom. The molecule has 25 heavy (non-hydrogen) atoms. The molecule has 122 valence electrons. The van der Waals surface area contributed by atoms with Crippen molar-refractivity contribution in [3.8, 4) is 17.5 Å². The summed E-state index contributed by atoms with van der Waals surface area (Å²) in [5, 5.41) is 19.2. The number of anilines is 1. The number of aromatic hydroxyl groups is 1. The van der Waals surface area contributed by atoms with Crippen LogP contribution in [0.5, 0.6) is 5.75 Å². The highest BCUT2D eigenvalue weighted by Gasteiger charge is 2.21. The summed E-state index contributed by atoms with van der Waals surface area (Å²) < 4.78 is 1.12. The Morgan fingerprint density at radius 1 is 1.04 bits per heavy atom. The first-order chi connectivity index (χ1) is 12.0. The quantitative estimate of drug-likeness (QED) is 0.715. The van der Waals surface area contributed by atoms with Crippen molar-refractivity contribution in [2.45, 2.75) is 0 Å². The van der Waals surface area contributed by atoms with Gasteiger partial charge in [0, 0.05) is 0 Å². The smallest absolute Gasteiger partial charge is 0.268 e. The van der Waals surface area contributed by atoms with E-state index in [9.17, 15) is 20.0 Å². The first kappa shape index (κ1) is 16.0. The molecule has 1 aromatic heterocycles. The topological polar surface area (TPSA) is 109 Å². The summed E-state index contributed by atoms with van der Waals surface area (Å²) in [6.07, 6.45) is 0. The molecule has 0 spiro atoms. The van der Waals surface area contributed by atoms with E-state index in [1.807, 2.05) is 6.07 Å². The van der Waals surface area contributed by atoms with Gasteiger partial charge in [-0.05, 0) is 30.3 Å². The molecule has 3 N–H and O–H groups in total. The zero-order valence-corrected chi connectivity index (χ0v) is 13.0. The standard InChI is InChI=1S/C19H13N3O3/c20-11-12-10-15(17(24)14-8-4-5-9-16(14)23)19(25)22(18(12)21)13-6-2-1-3-7-13/h1-10,23H,21H2. The molecule has 0 saturated heterocycles. The Hall–Kier alpha value is -3.85. The summed E-state index contributed by atoms with van der Waals surface area (Å²) in [4.78, 5) is 25.6. The van der Waals surface area contributed by atoms with Crippen LogP contribution in [-0.2, 0) is 0 Å². The third kappa shape index (κ3) is 2.75. The molecule has 0 amide bonds. The van der Waals surface area contributed by atoms with Crippen LogP contribution < -0.4 is 11.3 Å². The third-order valence-corrected chi connectivity index (χ3v) is 3.77. The molecule has 0 aliphatic heterocycles. The van der Waals surface area contributed by atoms with Crippen LogP contribution in [0.4, 0.5) is 5.82 Å². The fourth-order valence-corrected chi connectivity index (χ4v) is 2.53. The molecule has 3 rings (SSSR count). The lowest BCUT2D eigenvalue weighted by Crippen LogP contribution is -2.28.